The maximum absolute atomic E-state index is 12.0. The Bertz CT molecular complexity index is 902. The smallest absolute Gasteiger partial charge is 0.187 e. The van der Waals surface area contributed by atoms with Gasteiger partial charge in [0.15, 0.2) is 12.6 Å². The van der Waals surface area contributed by atoms with Gasteiger partial charge in [-0.15, -0.1) is 0 Å². The third-order valence-corrected chi connectivity index (χ3v) is 9.13. The molecule has 8 unspecified atom stereocenters. The second kappa shape index (κ2) is 21.1. The summed E-state index contributed by atoms with van der Waals surface area (Å²) >= 11 is 0. The average Bonchev–Trinajstić information content (AvgIpc) is 3.07. The summed E-state index contributed by atoms with van der Waals surface area (Å²) in [5.74, 6) is -0.379. The molecule has 17 atom stereocenters. The Labute approximate surface area is 289 Å². The fourth-order valence-corrected chi connectivity index (χ4v) is 6.93. The summed E-state index contributed by atoms with van der Waals surface area (Å²) in [5.41, 5.74) is 0. The molecule has 1 aliphatic carbocycles. The Morgan fingerprint density at radius 1 is 0.633 bits per heavy atom. The van der Waals surface area contributed by atoms with E-state index in [4.69, 9.17) is 61.6 Å². The SMILES string of the molecule is COCC(C)OC1C(OC)[C@H](OC)[C@H](CO)C[C@H]1O[C@@H]1C(COC)O[C@@H](O[C@H]2C(OC)C(O)[C@H](OC)O[C@H]2COC)C(OCC(C)O)[C@H]1O. The van der Waals surface area contributed by atoms with Crippen LogP contribution in [0.15, 0.2) is 0 Å². The van der Waals surface area contributed by atoms with Gasteiger partial charge in [0.1, 0.15) is 61.0 Å². The maximum Gasteiger partial charge on any atom is 0.187 e. The van der Waals surface area contributed by atoms with Gasteiger partial charge in [-0.1, -0.05) is 0 Å². The molecule has 0 amide bonds. The van der Waals surface area contributed by atoms with Crippen LogP contribution < -0.4 is 0 Å². The zero-order valence-electron chi connectivity index (χ0n) is 30.2. The summed E-state index contributed by atoms with van der Waals surface area (Å²) in [6, 6.07) is 0. The molecule has 3 fully saturated rings. The number of ether oxygens (including phenoxy) is 13. The monoisotopic (exact) mass is 716 g/mol. The summed E-state index contributed by atoms with van der Waals surface area (Å²) in [5, 5.41) is 43.4. The van der Waals surface area contributed by atoms with Crippen molar-refractivity contribution in [1.29, 1.82) is 0 Å². The molecular formula is C32H60O17. The van der Waals surface area contributed by atoms with Gasteiger partial charge in [0, 0.05) is 62.3 Å². The van der Waals surface area contributed by atoms with Crippen molar-refractivity contribution in [2.75, 3.05) is 82.8 Å². The molecule has 0 aromatic rings. The van der Waals surface area contributed by atoms with Crippen LogP contribution in [0.3, 0.4) is 0 Å². The molecule has 4 N–H and O–H groups in total. The fraction of sp³-hybridized carbons (Fsp3) is 1.00. The highest BCUT2D eigenvalue weighted by Crippen LogP contribution is 2.38. The minimum Gasteiger partial charge on any atom is -0.396 e. The number of aliphatic hydroxyl groups excluding tert-OH is 4. The van der Waals surface area contributed by atoms with Gasteiger partial charge >= 0.3 is 0 Å². The van der Waals surface area contributed by atoms with Crippen LogP contribution >= 0.6 is 0 Å². The zero-order valence-corrected chi connectivity index (χ0v) is 30.2. The largest absolute Gasteiger partial charge is 0.396 e. The van der Waals surface area contributed by atoms with Crippen molar-refractivity contribution in [2.24, 2.45) is 5.92 Å². The van der Waals surface area contributed by atoms with E-state index in [1.807, 2.05) is 6.92 Å². The molecule has 0 aromatic heterocycles. The van der Waals surface area contributed by atoms with Gasteiger partial charge in [-0.25, -0.2) is 0 Å². The summed E-state index contributed by atoms with van der Waals surface area (Å²) in [6.45, 7) is 3.35. The van der Waals surface area contributed by atoms with Crippen LogP contribution in [0.2, 0.25) is 0 Å². The standard InChI is InChI=1S/C32H60O17/c1-16(34)12-44-29-22(35)25(46-19-10-18(11-33)24(40-6)30(42-8)26(19)45-17(2)13-37-3)20(14-38-4)48-32(29)49-27-21(15-39-5)47-31(43-9)23(36)28(27)41-7/h16-36H,10-15H2,1-9H3/t16?,17?,18-,19+,20?,21-,22-,23?,24+,25+,26?,27+,28?,29?,30?,31+,32-/m0/s1. The van der Waals surface area contributed by atoms with Crippen molar-refractivity contribution in [2.45, 2.75) is 118 Å². The van der Waals surface area contributed by atoms with E-state index in [1.165, 1.54) is 42.5 Å². The molecule has 0 radical (unpaired) electrons. The van der Waals surface area contributed by atoms with E-state index in [9.17, 15) is 20.4 Å². The topological polar surface area (TPSA) is 201 Å². The van der Waals surface area contributed by atoms with E-state index in [0.29, 0.717) is 13.0 Å². The molecular weight excluding hydrogens is 656 g/mol. The van der Waals surface area contributed by atoms with E-state index in [0.717, 1.165) is 0 Å². The molecule has 17 nitrogen and oxygen atoms in total. The molecule has 2 saturated heterocycles. The first-order valence-corrected chi connectivity index (χ1v) is 16.7. The highest BCUT2D eigenvalue weighted by atomic mass is 16.8. The number of aliphatic hydroxyl groups is 4. The van der Waals surface area contributed by atoms with Gasteiger partial charge in [-0.05, 0) is 20.3 Å². The van der Waals surface area contributed by atoms with E-state index in [1.54, 1.807) is 14.2 Å². The summed E-state index contributed by atoms with van der Waals surface area (Å²) in [7, 11) is 10.4. The first-order valence-electron chi connectivity index (χ1n) is 16.7. The molecule has 49 heavy (non-hydrogen) atoms. The minimum absolute atomic E-state index is 0.0222. The number of hydrogen-bond donors (Lipinski definition) is 4. The van der Waals surface area contributed by atoms with Gasteiger partial charge in [-0.2, -0.15) is 0 Å². The van der Waals surface area contributed by atoms with Crippen LogP contribution in [0, 0.1) is 5.92 Å². The van der Waals surface area contributed by atoms with Crippen molar-refractivity contribution in [3.63, 3.8) is 0 Å². The van der Waals surface area contributed by atoms with Crippen molar-refractivity contribution >= 4 is 0 Å². The highest BCUT2D eigenvalue weighted by Gasteiger charge is 2.55. The summed E-state index contributed by atoms with van der Waals surface area (Å²) in [6.07, 6.45) is -14.3. The lowest BCUT2D eigenvalue weighted by Gasteiger charge is -2.50. The number of rotatable bonds is 20. The molecule has 2 aliphatic heterocycles. The van der Waals surface area contributed by atoms with E-state index >= 15 is 0 Å². The lowest BCUT2D eigenvalue weighted by Crippen LogP contribution is -2.67. The van der Waals surface area contributed by atoms with Crippen LogP contribution in [0.5, 0.6) is 0 Å². The highest BCUT2D eigenvalue weighted by molar-refractivity contribution is 5.00. The Kier molecular flexibility index (Phi) is 18.4. The third-order valence-electron chi connectivity index (χ3n) is 9.13. The minimum atomic E-state index is -1.40. The first kappa shape index (κ1) is 42.7. The Morgan fingerprint density at radius 3 is 1.78 bits per heavy atom. The van der Waals surface area contributed by atoms with Crippen LogP contribution in [0.1, 0.15) is 20.3 Å². The van der Waals surface area contributed by atoms with Crippen molar-refractivity contribution in [1.82, 2.24) is 0 Å². The third kappa shape index (κ3) is 10.7. The second-order valence-corrected chi connectivity index (χ2v) is 12.7. The Morgan fingerprint density at radius 2 is 1.24 bits per heavy atom. The van der Waals surface area contributed by atoms with Crippen molar-refractivity contribution in [3.8, 4) is 0 Å². The molecule has 1 saturated carbocycles. The molecule has 3 rings (SSSR count). The molecule has 0 spiro atoms. The van der Waals surface area contributed by atoms with Crippen molar-refractivity contribution < 1.29 is 82.0 Å². The van der Waals surface area contributed by atoms with Gasteiger partial charge in [0.25, 0.3) is 0 Å². The van der Waals surface area contributed by atoms with Gasteiger partial charge in [-0.3, -0.25) is 0 Å². The lowest BCUT2D eigenvalue weighted by molar-refractivity contribution is -0.371. The first-order chi connectivity index (χ1) is 23.5. The normalized spacial score (nSPS) is 41.4. The fourth-order valence-electron chi connectivity index (χ4n) is 6.93. The summed E-state index contributed by atoms with van der Waals surface area (Å²) < 4.78 is 76.7. The van der Waals surface area contributed by atoms with E-state index in [2.05, 4.69) is 0 Å². The van der Waals surface area contributed by atoms with Gasteiger partial charge in [0.05, 0.1) is 50.8 Å². The Balaban J connectivity index is 1.98. The van der Waals surface area contributed by atoms with Crippen LogP contribution in [-0.4, -0.2) is 201 Å². The molecule has 3 aliphatic rings. The predicted octanol–water partition coefficient (Wildman–Crippen LogP) is -1.52. The molecule has 290 valence electrons. The van der Waals surface area contributed by atoms with Crippen LogP contribution in [-0.2, 0) is 61.6 Å². The predicted molar refractivity (Wildman–Crippen MR) is 169 cm³/mol. The van der Waals surface area contributed by atoms with E-state index < -0.39 is 91.9 Å². The summed E-state index contributed by atoms with van der Waals surface area (Å²) in [4.78, 5) is 0. The van der Waals surface area contributed by atoms with Gasteiger partial charge in [0.2, 0.25) is 0 Å². The molecule has 2 heterocycles. The average molecular weight is 717 g/mol. The maximum atomic E-state index is 12.0. The lowest BCUT2D eigenvalue weighted by atomic mass is 9.80. The van der Waals surface area contributed by atoms with Crippen molar-refractivity contribution in [3.05, 3.63) is 0 Å². The van der Waals surface area contributed by atoms with Gasteiger partial charge < -0.3 is 82.0 Å². The van der Waals surface area contributed by atoms with E-state index in [-0.39, 0.29) is 38.4 Å². The molecule has 0 aromatic carbocycles. The quantitative estimate of drug-likeness (QED) is 0.113. The Hall–Kier alpha value is -0.680. The number of hydrogen-bond acceptors (Lipinski definition) is 17. The molecule has 0 bridgehead atoms. The van der Waals surface area contributed by atoms with Crippen LogP contribution in [0.25, 0.3) is 0 Å². The molecule has 17 heteroatoms. The van der Waals surface area contributed by atoms with Crippen LogP contribution in [0.4, 0.5) is 0 Å². The number of methoxy groups -OCH3 is 7. The second-order valence-electron chi connectivity index (χ2n) is 12.7. The zero-order chi connectivity index (χ0) is 36.2.